The SMILES string of the molecule is C=C/C=C\SC[C@H]1Oc2cc(OCCCOC)c(OC)cc2-c2cc(=O)c(C(=O)OC)cn21. The third-order valence-electron chi connectivity index (χ3n) is 4.90. The molecule has 8 nitrogen and oxygen atoms in total. The average Bonchev–Trinajstić information content (AvgIpc) is 2.83. The number of hydrogen-bond donors (Lipinski definition) is 0. The normalized spacial score (nSPS) is 14.2. The number of methoxy groups -OCH3 is 3. The summed E-state index contributed by atoms with van der Waals surface area (Å²) in [5, 5.41) is 1.90. The molecule has 0 radical (unpaired) electrons. The highest BCUT2D eigenvalue weighted by Crippen LogP contribution is 2.45. The number of carbonyl (C=O) groups is 1. The predicted octanol–water partition coefficient (Wildman–Crippen LogP) is 4.05. The van der Waals surface area contributed by atoms with E-state index in [1.165, 1.54) is 31.1 Å². The van der Waals surface area contributed by atoms with Gasteiger partial charge in [-0.25, -0.2) is 4.79 Å². The summed E-state index contributed by atoms with van der Waals surface area (Å²) in [5.41, 5.74) is 0.775. The number of aromatic nitrogens is 1. The highest BCUT2D eigenvalue weighted by molar-refractivity contribution is 8.02. The molecule has 0 fully saturated rings. The minimum atomic E-state index is -0.698. The first-order chi connectivity index (χ1) is 16.0. The van der Waals surface area contributed by atoms with Crippen LogP contribution in [0.2, 0.25) is 0 Å². The van der Waals surface area contributed by atoms with Crippen molar-refractivity contribution < 1.29 is 28.5 Å². The van der Waals surface area contributed by atoms with Crippen LogP contribution in [0.4, 0.5) is 0 Å². The molecule has 2 heterocycles. The number of ether oxygens (including phenoxy) is 5. The van der Waals surface area contributed by atoms with E-state index in [-0.39, 0.29) is 5.56 Å². The van der Waals surface area contributed by atoms with E-state index >= 15 is 0 Å². The van der Waals surface area contributed by atoms with Gasteiger partial charge in [-0.3, -0.25) is 4.79 Å². The van der Waals surface area contributed by atoms with Crippen molar-refractivity contribution in [2.75, 3.05) is 40.3 Å². The summed E-state index contributed by atoms with van der Waals surface area (Å²) in [6.07, 6.45) is 5.23. The minimum Gasteiger partial charge on any atom is -0.493 e. The summed E-state index contributed by atoms with van der Waals surface area (Å²) < 4.78 is 29.3. The van der Waals surface area contributed by atoms with Crippen LogP contribution in [-0.4, -0.2) is 50.8 Å². The molecule has 0 aliphatic carbocycles. The molecule has 0 saturated carbocycles. The van der Waals surface area contributed by atoms with E-state index in [1.807, 2.05) is 11.5 Å². The van der Waals surface area contributed by atoms with E-state index in [2.05, 4.69) is 6.58 Å². The van der Waals surface area contributed by atoms with E-state index in [0.29, 0.717) is 47.5 Å². The molecule has 1 aliphatic heterocycles. The monoisotopic (exact) mass is 473 g/mol. The molecule has 1 aromatic carbocycles. The predicted molar refractivity (Wildman–Crippen MR) is 127 cm³/mol. The summed E-state index contributed by atoms with van der Waals surface area (Å²) in [7, 11) is 4.43. The van der Waals surface area contributed by atoms with Gasteiger partial charge in [0.05, 0.1) is 32.3 Å². The van der Waals surface area contributed by atoms with E-state index < -0.39 is 17.6 Å². The second-order valence-electron chi connectivity index (χ2n) is 7.00. The summed E-state index contributed by atoms with van der Waals surface area (Å²) in [6.45, 7) is 4.70. The molecule has 0 amide bonds. The van der Waals surface area contributed by atoms with E-state index in [1.54, 1.807) is 37.0 Å². The second kappa shape index (κ2) is 11.6. The molecular formula is C24H27NO7S. The minimum absolute atomic E-state index is 0.0602. The van der Waals surface area contributed by atoms with E-state index in [9.17, 15) is 9.59 Å². The number of thioether (sulfide) groups is 1. The lowest BCUT2D eigenvalue weighted by Crippen LogP contribution is -2.28. The summed E-state index contributed by atoms with van der Waals surface area (Å²) in [4.78, 5) is 24.8. The molecule has 0 bridgehead atoms. The zero-order valence-corrected chi connectivity index (χ0v) is 19.7. The summed E-state index contributed by atoms with van der Waals surface area (Å²) in [6, 6.07) is 4.95. The topological polar surface area (TPSA) is 85.2 Å². The number of nitrogens with zero attached hydrogens (tertiary/aromatic N) is 1. The largest absolute Gasteiger partial charge is 0.493 e. The standard InChI is InChI=1S/C24H27NO7S/c1-5-6-10-33-15-23-25-14-17(24(27)30-4)19(26)12-18(25)16-11-21(29-3)22(13-20(16)32-23)31-9-7-8-28-2/h5-6,10-14,23H,1,7-9,15H2,2-4H3/b10-6-/t23-/m1/s1. The van der Waals surface area contributed by atoms with Crippen molar-refractivity contribution in [2.45, 2.75) is 12.6 Å². The number of fused-ring (bicyclic) bond motifs is 3. The fourth-order valence-electron chi connectivity index (χ4n) is 3.33. The fraction of sp³-hybridized carbons (Fsp3) is 0.333. The molecule has 0 spiro atoms. The molecule has 1 aliphatic rings. The molecule has 0 saturated heterocycles. The van der Waals surface area contributed by atoms with Gasteiger partial charge in [0.2, 0.25) is 0 Å². The Morgan fingerprint density at radius 2 is 2.03 bits per heavy atom. The van der Waals surface area contributed by atoms with Crippen LogP contribution in [0.5, 0.6) is 17.2 Å². The van der Waals surface area contributed by atoms with Gasteiger partial charge in [-0.1, -0.05) is 18.7 Å². The number of rotatable bonds is 11. The highest BCUT2D eigenvalue weighted by atomic mass is 32.2. The Morgan fingerprint density at radius 1 is 1.21 bits per heavy atom. The van der Waals surface area contributed by atoms with Crippen molar-refractivity contribution in [3.05, 3.63) is 64.3 Å². The van der Waals surface area contributed by atoms with Gasteiger partial charge in [0.25, 0.3) is 0 Å². The molecular weight excluding hydrogens is 446 g/mol. The van der Waals surface area contributed by atoms with Gasteiger partial charge < -0.3 is 28.3 Å². The molecule has 1 aromatic heterocycles. The van der Waals surface area contributed by atoms with E-state index in [4.69, 9.17) is 23.7 Å². The van der Waals surface area contributed by atoms with Gasteiger partial charge in [0.1, 0.15) is 11.3 Å². The number of hydrogen-bond acceptors (Lipinski definition) is 8. The van der Waals surface area contributed by atoms with E-state index in [0.717, 1.165) is 6.42 Å². The first-order valence-electron chi connectivity index (χ1n) is 10.3. The number of benzene rings is 1. The third-order valence-corrected chi connectivity index (χ3v) is 5.73. The quantitative estimate of drug-likeness (QED) is 0.275. The summed E-state index contributed by atoms with van der Waals surface area (Å²) >= 11 is 1.52. The Bertz CT molecular complexity index is 1090. The van der Waals surface area contributed by atoms with Gasteiger partial charge in [-0.2, -0.15) is 0 Å². The lowest BCUT2D eigenvalue weighted by Gasteiger charge is -2.31. The maximum absolute atomic E-state index is 12.7. The van der Waals surface area contributed by atoms with Gasteiger partial charge in [0, 0.05) is 44.0 Å². The molecule has 9 heteroatoms. The lowest BCUT2D eigenvalue weighted by molar-refractivity contribution is 0.0596. The van der Waals surface area contributed by atoms with Crippen LogP contribution in [0.15, 0.2) is 53.3 Å². The number of esters is 1. The van der Waals surface area contributed by atoms with Crippen LogP contribution in [0.1, 0.15) is 23.0 Å². The van der Waals surface area contributed by atoms with Gasteiger partial charge in [0.15, 0.2) is 23.2 Å². The van der Waals surface area contributed by atoms with Crippen molar-refractivity contribution in [1.82, 2.24) is 4.57 Å². The van der Waals surface area contributed by atoms with Crippen molar-refractivity contribution in [1.29, 1.82) is 0 Å². The molecule has 1 atom stereocenters. The molecule has 3 rings (SSSR count). The lowest BCUT2D eigenvalue weighted by atomic mass is 10.0. The molecule has 0 N–H and O–H groups in total. The van der Waals surface area contributed by atoms with Gasteiger partial charge >= 0.3 is 5.97 Å². The first kappa shape index (κ1) is 24.5. The Kier molecular flexibility index (Phi) is 8.62. The maximum Gasteiger partial charge on any atom is 0.343 e. The van der Waals surface area contributed by atoms with Crippen LogP contribution in [0.25, 0.3) is 11.3 Å². The van der Waals surface area contributed by atoms with Crippen molar-refractivity contribution >= 4 is 17.7 Å². The fourth-order valence-corrected chi connectivity index (χ4v) is 4.06. The van der Waals surface area contributed by atoms with Crippen molar-refractivity contribution in [2.24, 2.45) is 0 Å². The Balaban J connectivity index is 2.05. The third kappa shape index (κ3) is 5.61. The smallest absolute Gasteiger partial charge is 0.343 e. The number of carbonyl (C=O) groups excluding carboxylic acids is 1. The van der Waals surface area contributed by atoms with Crippen LogP contribution in [0, 0.1) is 0 Å². The summed E-state index contributed by atoms with van der Waals surface area (Å²) in [5.74, 6) is 1.42. The van der Waals surface area contributed by atoms with Crippen LogP contribution >= 0.6 is 11.8 Å². The van der Waals surface area contributed by atoms with Crippen LogP contribution in [-0.2, 0) is 9.47 Å². The molecule has 33 heavy (non-hydrogen) atoms. The molecule has 2 aromatic rings. The van der Waals surface area contributed by atoms with Crippen molar-refractivity contribution in [3.8, 4) is 28.5 Å². The van der Waals surface area contributed by atoms with Gasteiger partial charge in [-0.15, -0.1) is 11.8 Å². The Hall–Kier alpha value is -3.17. The maximum atomic E-state index is 12.7. The number of pyridine rings is 1. The zero-order chi connectivity index (χ0) is 23.8. The number of allylic oxidation sites excluding steroid dienone is 2. The highest BCUT2D eigenvalue weighted by Gasteiger charge is 2.29. The second-order valence-corrected chi connectivity index (χ2v) is 7.94. The molecule has 176 valence electrons. The zero-order valence-electron chi connectivity index (χ0n) is 18.9. The Labute approximate surface area is 196 Å². The van der Waals surface area contributed by atoms with Crippen molar-refractivity contribution in [3.63, 3.8) is 0 Å². The Morgan fingerprint density at radius 3 is 2.73 bits per heavy atom. The van der Waals surface area contributed by atoms with Crippen LogP contribution in [0.3, 0.4) is 0 Å². The first-order valence-corrected chi connectivity index (χ1v) is 11.3. The average molecular weight is 474 g/mol. The van der Waals surface area contributed by atoms with Gasteiger partial charge in [-0.05, 0) is 11.5 Å². The molecule has 0 unspecified atom stereocenters. The van der Waals surface area contributed by atoms with Crippen LogP contribution < -0.4 is 19.6 Å².